The predicted molar refractivity (Wildman–Crippen MR) is 260 cm³/mol. The van der Waals surface area contributed by atoms with E-state index in [1.54, 1.807) is 0 Å². The summed E-state index contributed by atoms with van der Waals surface area (Å²) >= 11 is 0. The molecule has 2 bridgehead atoms. The van der Waals surface area contributed by atoms with Crippen LogP contribution in [0.1, 0.15) is 264 Å². The van der Waals surface area contributed by atoms with Gasteiger partial charge in [-0.15, -0.1) is 0 Å². The Morgan fingerprint density at radius 2 is 1.00 bits per heavy atom. The molecule has 5 unspecified atom stereocenters. The molecular weight excluding hydrogens is 826 g/mol. The zero-order chi connectivity index (χ0) is 47.0. The van der Waals surface area contributed by atoms with Crippen molar-refractivity contribution in [2.75, 3.05) is 13.2 Å². The smallest absolute Gasteiger partial charge is 0.220 e. The first kappa shape index (κ1) is 58.4. The van der Waals surface area contributed by atoms with Crippen molar-refractivity contribution in [1.82, 2.24) is 5.32 Å². The summed E-state index contributed by atoms with van der Waals surface area (Å²) in [7, 11) is 0. The molecule has 1 amide bonds. The maximum atomic E-state index is 13.6. The third-order valence-corrected chi connectivity index (χ3v) is 15.2. The molecule has 10 nitrogen and oxygen atoms in total. The number of carbonyl (C=O) groups is 1. The summed E-state index contributed by atoms with van der Waals surface area (Å²) in [6, 6.07) is -0.991. The molecule has 0 aromatic carbocycles. The van der Waals surface area contributed by atoms with Gasteiger partial charge in [0.2, 0.25) is 5.91 Å². The molecule has 4 rings (SSSR count). The van der Waals surface area contributed by atoms with E-state index >= 15 is 0 Å². The number of aliphatic hydroxyl groups is 6. The van der Waals surface area contributed by atoms with Gasteiger partial charge in [-0.05, 0) is 43.9 Å². The number of rotatable bonds is 45. The number of hydrogen-bond acceptors (Lipinski definition) is 9. The molecule has 0 aromatic heterocycles. The molecule has 0 radical (unpaired) electrons. The molecule has 1 heterocycles. The average molecular weight is 928 g/mol. The lowest BCUT2D eigenvalue weighted by Gasteiger charge is -2.66. The Morgan fingerprint density at radius 1 is 0.600 bits per heavy atom. The first-order chi connectivity index (χ1) is 31.5. The Labute approximate surface area is 396 Å². The molecular formula is C54H102FNO9. The fourth-order valence-corrected chi connectivity index (χ4v) is 11.0. The molecule has 384 valence electrons. The van der Waals surface area contributed by atoms with Crippen molar-refractivity contribution in [3.8, 4) is 0 Å². The van der Waals surface area contributed by atoms with Crippen molar-refractivity contribution in [1.29, 1.82) is 0 Å². The first-order valence-corrected chi connectivity index (χ1v) is 27.8. The number of alkyl halides is 1. The van der Waals surface area contributed by atoms with Crippen LogP contribution in [0, 0.1) is 5.41 Å². The van der Waals surface area contributed by atoms with Gasteiger partial charge in [0, 0.05) is 6.42 Å². The molecule has 4 fully saturated rings. The Hall–Kier alpha value is -0.920. The molecule has 65 heavy (non-hydrogen) atoms. The molecule has 1 aliphatic heterocycles. The van der Waals surface area contributed by atoms with Crippen molar-refractivity contribution in [3.63, 3.8) is 0 Å². The highest BCUT2D eigenvalue weighted by Crippen LogP contribution is 2.71. The van der Waals surface area contributed by atoms with Crippen LogP contribution in [0.2, 0.25) is 0 Å². The second kappa shape index (κ2) is 35.2. The number of ether oxygens (including phenoxy) is 2. The molecule has 3 saturated carbocycles. The van der Waals surface area contributed by atoms with Crippen LogP contribution < -0.4 is 5.32 Å². The van der Waals surface area contributed by atoms with Crippen molar-refractivity contribution in [2.45, 2.75) is 318 Å². The van der Waals surface area contributed by atoms with Crippen LogP contribution in [-0.4, -0.2) is 104 Å². The van der Waals surface area contributed by atoms with Crippen LogP contribution in [0.3, 0.4) is 0 Å². The third-order valence-electron chi connectivity index (χ3n) is 15.2. The highest BCUT2D eigenvalue weighted by molar-refractivity contribution is 5.76. The first-order valence-electron chi connectivity index (χ1n) is 27.8. The molecule has 11 heteroatoms. The topological polar surface area (TPSA) is 169 Å². The highest BCUT2D eigenvalue weighted by atomic mass is 19.1. The summed E-state index contributed by atoms with van der Waals surface area (Å²) in [5.41, 5.74) is -0.283. The summed E-state index contributed by atoms with van der Waals surface area (Å²) in [4.78, 5) is 13.1. The molecule has 3 aliphatic carbocycles. The third kappa shape index (κ3) is 24.5. The maximum Gasteiger partial charge on any atom is 0.220 e. The molecule has 8 atom stereocenters. The van der Waals surface area contributed by atoms with Gasteiger partial charge in [-0.3, -0.25) is 4.79 Å². The Balaban J connectivity index is 1.15. The van der Waals surface area contributed by atoms with Gasteiger partial charge in [-0.1, -0.05) is 219 Å². The lowest BCUT2D eigenvalue weighted by molar-refractivity contribution is -0.303. The zero-order valence-corrected chi connectivity index (χ0v) is 41.6. The number of aliphatic hydroxyl groups excluding tert-OH is 6. The van der Waals surface area contributed by atoms with E-state index in [4.69, 9.17) is 9.47 Å². The molecule has 0 aromatic rings. The second-order valence-electron chi connectivity index (χ2n) is 21.4. The van der Waals surface area contributed by atoms with Crippen molar-refractivity contribution in [2.24, 2.45) is 5.41 Å². The number of hydrogen-bond donors (Lipinski definition) is 7. The van der Waals surface area contributed by atoms with Gasteiger partial charge in [-0.25, -0.2) is 4.39 Å². The number of halogens is 1. The standard InChI is InChI=1S/C54H102FNO9/c1-2-3-4-5-6-7-8-21-24-27-30-33-36-45(58)48(60)44(40-64-52-51(63)50(62)49(61)46(39-57)65-52)56-47(59)37-34-31-28-25-22-19-17-15-13-11-9-10-12-14-16-18-20-23-26-29-32-35-38-53-41-54(55,42-53)43-53/h44-46,48-52,57-58,60-63H,2-43H2,1H3,(H,56,59)/t44-,45+,46?,48-,49?,50?,51?,52?,53?,54?/m0/s1. The largest absolute Gasteiger partial charge is 0.394 e. The summed E-state index contributed by atoms with van der Waals surface area (Å²) in [5, 5.41) is 65.3. The molecule has 1 saturated heterocycles. The number of nitrogens with one attached hydrogen (secondary N) is 1. The molecule has 7 N–H and O–H groups in total. The van der Waals surface area contributed by atoms with E-state index in [1.165, 1.54) is 173 Å². The van der Waals surface area contributed by atoms with E-state index in [-0.39, 0.29) is 18.9 Å². The number of amides is 1. The summed E-state index contributed by atoms with van der Waals surface area (Å²) in [5.74, 6) is -0.258. The normalized spacial score (nSPS) is 26.4. The quantitative estimate of drug-likeness (QED) is 0.0294. The van der Waals surface area contributed by atoms with Crippen molar-refractivity contribution >= 4 is 5.91 Å². The van der Waals surface area contributed by atoms with Gasteiger partial charge in [-0.2, -0.15) is 0 Å². The van der Waals surface area contributed by atoms with E-state index in [9.17, 15) is 39.8 Å². The Morgan fingerprint density at radius 3 is 1.42 bits per heavy atom. The second-order valence-corrected chi connectivity index (χ2v) is 21.4. The van der Waals surface area contributed by atoms with E-state index in [0.29, 0.717) is 11.8 Å². The van der Waals surface area contributed by atoms with Crippen LogP contribution in [0.4, 0.5) is 4.39 Å². The highest BCUT2D eigenvalue weighted by Gasteiger charge is 2.68. The van der Waals surface area contributed by atoms with Crippen LogP contribution in [-0.2, 0) is 14.3 Å². The zero-order valence-electron chi connectivity index (χ0n) is 41.6. The van der Waals surface area contributed by atoms with E-state index in [0.717, 1.165) is 70.6 Å². The maximum absolute atomic E-state index is 13.6. The molecule has 4 aliphatic rings. The Bertz CT molecular complexity index is 1140. The monoisotopic (exact) mass is 928 g/mol. The van der Waals surface area contributed by atoms with E-state index < -0.39 is 61.2 Å². The average Bonchev–Trinajstić information content (AvgIpc) is 3.27. The van der Waals surface area contributed by atoms with E-state index in [1.807, 2.05) is 0 Å². The summed E-state index contributed by atoms with van der Waals surface area (Å²) in [6.45, 7) is 1.34. The molecule has 0 spiro atoms. The lowest BCUT2D eigenvalue weighted by atomic mass is 9.41. The van der Waals surface area contributed by atoms with Gasteiger partial charge in [0.25, 0.3) is 0 Å². The summed E-state index contributed by atoms with van der Waals surface area (Å²) < 4.78 is 24.8. The van der Waals surface area contributed by atoms with E-state index in [2.05, 4.69) is 12.2 Å². The minimum atomic E-state index is -1.61. The van der Waals surface area contributed by atoms with Crippen LogP contribution in [0.15, 0.2) is 0 Å². The Kier molecular flexibility index (Phi) is 31.6. The predicted octanol–water partition coefficient (Wildman–Crippen LogP) is 11.4. The van der Waals surface area contributed by atoms with Gasteiger partial charge < -0.3 is 45.4 Å². The van der Waals surface area contributed by atoms with Crippen LogP contribution in [0.5, 0.6) is 0 Å². The van der Waals surface area contributed by atoms with Crippen molar-refractivity contribution in [3.05, 3.63) is 0 Å². The van der Waals surface area contributed by atoms with Crippen LogP contribution in [0.25, 0.3) is 0 Å². The van der Waals surface area contributed by atoms with Gasteiger partial charge in [0.1, 0.15) is 36.2 Å². The van der Waals surface area contributed by atoms with Gasteiger partial charge >= 0.3 is 0 Å². The van der Waals surface area contributed by atoms with Crippen LogP contribution >= 0.6 is 0 Å². The number of carbonyl (C=O) groups excluding carboxylic acids is 1. The number of unbranched alkanes of at least 4 members (excludes halogenated alkanes) is 32. The fourth-order valence-electron chi connectivity index (χ4n) is 11.0. The lowest BCUT2D eigenvalue weighted by Crippen LogP contribution is -2.64. The van der Waals surface area contributed by atoms with Gasteiger partial charge in [0.05, 0.1) is 25.4 Å². The summed E-state index contributed by atoms with van der Waals surface area (Å²) in [6.07, 6.45) is 37.3. The van der Waals surface area contributed by atoms with Gasteiger partial charge in [0.15, 0.2) is 6.29 Å². The SMILES string of the molecule is CCCCCCCCCCCCCC[C@@H](O)[C@@H](O)[C@H](COC1OC(CO)C(O)C(O)C1O)NC(=O)CCCCCCCCCCCCCCCCCCCCCCCCC12CC(F)(C1)C2. The minimum Gasteiger partial charge on any atom is -0.394 e. The minimum absolute atomic E-state index is 0.258. The van der Waals surface area contributed by atoms with Crippen molar-refractivity contribution < 1.29 is 49.3 Å². The fraction of sp³-hybridized carbons (Fsp3) is 0.981.